The van der Waals surface area contributed by atoms with Crippen LogP contribution in [-0.2, 0) is 41.6 Å². The number of esters is 1. The molecular formula is C17H32O9P2. The molecule has 0 aromatic rings. The summed E-state index contributed by atoms with van der Waals surface area (Å²) in [5.74, 6) is -0.901. The molecule has 0 unspecified atom stereocenters. The summed E-state index contributed by atoms with van der Waals surface area (Å²) in [4.78, 5) is 22.2. The minimum Gasteiger partial charge on any atom is -0.460 e. The lowest BCUT2D eigenvalue weighted by Crippen LogP contribution is -2.09. The average Bonchev–Trinajstić information content (AvgIpc) is 2.57. The second-order valence-electron chi connectivity index (χ2n) is 5.30. The van der Waals surface area contributed by atoms with E-state index in [4.69, 9.17) is 18.1 Å². The van der Waals surface area contributed by atoms with Crippen LogP contribution in [0.5, 0.6) is 0 Å². The van der Waals surface area contributed by atoms with Crippen LogP contribution < -0.4 is 0 Å². The molecule has 0 atom stereocenters. The topological polar surface area (TPSA) is 114 Å². The molecule has 0 radical (unpaired) electrons. The zero-order valence-corrected chi connectivity index (χ0v) is 19.6. The fourth-order valence-electron chi connectivity index (χ4n) is 1.49. The summed E-state index contributed by atoms with van der Waals surface area (Å²) in [6.07, 6.45) is 2.87. The van der Waals surface area contributed by atoms with Crippen molar-refractivity contribution in [2.24, 2.45) is 0 Å². The van der Waals surface area contributed by atoms with Crippen molar-refractivity contribution in [1.82, 2.24) is 0 Å². The Balaban J connectivity index is 0. The van der Waals surface area contributed by atoms with Crippen LogP contribution in [0.1, 0.15) is 41.5 Å². The van der Waals surface area contributed by atoms with Crippen LogP contribution >= 0.6 is 15.2 Å². The monoisotopic (exact) mass is 442 g/mol. The Labute approximate surface area is 167 Å². The van der Waals surface area contributed by atoms with Gasteiger partial charge in [-0.25, -0.2) is 9.36 Å². The quantitative estimate of drug-likeness (QED) is 0.195. The summed E-state index contributed by atoms with van der Waals surface area (Å²) in [5.41, 5.74) is 0. The maximum absolute atomic E-state index is 11.8. The van der Waals surface area contributed by atoms with Gasteiger partial charge in [-0.05, 0) is 46.8 Å². The van der Waals surface area contributed by atoms with Crippen molar-refractivity contribution in [1.29, 1.82) is 0 Å². The minimum atomic E-state index is -3.64. The normalized spacial score (nSPS) is 12.6. The van der Waals surface area contributed by atoms with Gasteiger partial charge in [0.2, 0.25) is 13.1 Å². The number of carbonyl (C=O) groups is 2. The molecule has 0 aromatic heterocycles. The van der Waals surface area contributed by atoms with Gasteiger partial charge in [-0.15, -0.1) is 0 Å². The van der Waals surface area contributed by atoms with Gasteiger partial charge in [-0.3, -0.25) is 18.4 Å². The highest BCUT2D eigenvalue weighted by atomic mass is 31.2. The lowest BCUT2D eigenvalue weighted by atomic mass is 10.3. The van der Waals surface area contributed by atoms with Crippen LogP contribution in [0.25, 0.3) is 0 Å². The highest BCUT2D eigenvalue weighted by molar-refractivity contribution is 7.57. The molecule has 28 heavy (non-hydrogen) atoms. The van der Waals surface area contributed by atoms with E-state index in [-0.39, 0.29) is 37.1 Å². The van der Waals surface area contributed by atoms with Crippen molar-refractivity contribution in [3.8, 4) is 0 Å². The first-order chi connectivity index (χ1) is 12.9. The van der Waals surface area contributed by atoms with Crippen molar-refractivity contribution >= 4 is 26.9 Å². The van der Waals surface area contributed by atoms with Gasteiger partial charge >= 0.3 is 13.8 Å². The van der Waals surface area contributed by atoms with Crippen molar-refractivity contribution in [3.05, 3.63) is 23.7 Å². The number of Topliss-reactive ketones (excluding diaryl/α,β-unsaturated/α-hetero) is 1. The lowest BCUT2D eigenvalue weighted by molar-refractivity contribution is -0.141. The second-order valence-corrected chi connectivity index (χ2v) is 9.58. The standard InChI is InChI=1S/C9H17O5P.C8H15O4P/c1-5-9(8(4)10)14-15(11,12-6-2)13-7-3;1-5-7(8(9)11-6-2)12-13(3,4)10/h5H,6-7H2,1-4H3;5H,6H2,1-4H3. The minimum absolute atomic E-state index is 0.00943. The highest BCUT2D eigenvalue weighted by Gasteiger charge is 2.29. The van der Waals surface area contributed by atoms with Gasteiger partial charge in [-0.2, -0.15) is 0 Å². The summed E-state index contributed by atoms with van der Waals surface area (Å²) >= 11 is 0. The third kappa shape index (κ3) is 13.7. The van der Waals surface area contributed by atoms with E-state index in [0.717, 1.165) is 0 Å². The Bertz CT molecular complexity index is 637. The molecule has 164 valence electrons. The Morgan fingerprint density at radius 1 is 0.821 bits per heavy atom. The van der Waals surface area contributed by atoms with Gasteiger partial charge in [0.05, 0.1) is 19.8 Å². The molecule has 0 amide bonds. The summed E-state index contributed by atoms with van der Waals surface area (Å²) in [7, 11) is -6.32. The fraction of sp³-hybridized carbons (Fsp3) is 0.647. The van der Waals surface area contributed by atoms with Crippen LogP contribution in [0.15, 0.2) is 23.7 Å². The van der Waals surface area contributed by atoms with E-state index in [1.165, 1.54) is 32.4 Å². The van der Waals surface area contributed by atoms with Gasteiger partial charge < -0.3 is 13.8 Å². The maximum atomic E-state index is 11.8. The van der Waals surface area contributed by atoms with E-state index < -0.39 is 21.2 Å². The molecule has 0 aromatic carbocycles. The molecule has 0 fully saturated rings. The van der Waals surface area contributed by atoms with Gasteiger partial charge in [0.15, 0.2) is 11.5 Å². The van der Waals surface area contributed by atoms with Gasteiger partial charge in [0, 0.05) is 20.3 Å². The van der Waals surface area contributed by atoms with Crippen LogP contribution in [-0.4, -0.2) is 44.9 Å². The third-order valence-corrected chi connectivity index (χ3v) is 4.66. The van der Waals surface area contributed by atoms with E-state index in [0.29, 0.717) is 0 Å². The third-order valence-electron chi connectivity index (χ3n) is 2.45. The van der Waals surface area contributed by atoms with Crippen molar-refractivity contribution in [2.75, 3.05) is 33.2 Å². The number of phosphoric acid groups is 1. The largest absolute Gasteiger partial charge is 0.530 e. The smallest absolute Gasteiger partial charge is 0.460 e. The van der Waals surface area contributed by atoms with Gasteiger partial charge in [-0.1, -0.05) is 0 Å². The first kappa shape index (κ1) is 28.8. The molecule has 0 saturated heterocycles. The van der Waals surface area contributed by atoms with E-state index in [2.05, 4.69) is 4.74 Å². The molecule has 9 nitrogen and oxygen atoms in total. The van der Waals surface area contributed by atoms with E-state index in [1.807, 2.05) is 0 Å². The molecule has 0 aliphatic heterocycles. The first-order valence-corrected chi connectivity index (χ1v) is 12.7. The van der Waals surface area contributed by atoms with Crippen LogP contribution in [0.3, 0.4) is 0 Å². The van der Waals surface area contributed by atoms with E-state index in [1.54, 1.807) is 34.6 Å². The predicted octanol–water partition coefficient (Wildman–Crippen LogP) is 4.68. The Kier molecular flexibility index (Phi) is 15.0. The van der Waals surface area contributed by atoms with Crippen molar-refractivity contribution in [3.63, 3.8) is 0 Å². The summed E-state index contributed by atoms with van der Waals surface area (Å²) in [5, 5.41) is 0. The second kappa shape index (κ2) is 14.6. The van der Waals surface area contributed by atoms with E-state index in [9.17, 15) is 18.7 Å². The Morgan fingerprint density at radius 3 is 1.57 bits per heavy atom. The zero-order chi connectivity index (χ0) is 22.4. The average molecular weight is 442 g/mol. The summed E-state index contributed by atoms with van der Waals surface area (Å²) in [6.45, 7) is 13.1. The molecular weight excluding hydrogens is 410 g/mol. The number of ketones is 1. The van der Waals surface area contributed by atoms with Gasteiger partial charge in [0.25, 0.3) is 0 Å². The summed E-state index contributed by atoms with van der Waals surface area (Å²) in [6, 6.07) is 0. The Hall–Kier alpha value is -1.40. The molecule has 0 N–H and O–H groups in total. The molecule has 0 rings (SSSR count). The molecule has 0 aliphatic rings. The molecule has 0 saturated carbocycles. The molecule has 11 heteroatoms. The first-order valence-electron chi connectivity index (χ1n) is 8.73. The van der Waals surface area contributed by atoms with Crippen molar-refractivity contribution in [2.45, 2.75) is 41.5 Å². The van der Waals surface area contributed by atoms with Gasteiger partial charge in [0.1, 0.15) is 0 Å². The molecule has 0 bridgehead atoms. The highest BCUT2D eigenvalue weighted by Crippen LogP contribution is 2.51. The molecule has 0 spiro atoms. The number of hydrogen-bond donors (Lipinski definition) is 0. The fourth-order valence-corrected chi connectivity index (χ4v) is 3.43. The van der Waals surface area contributed by atoms with Crippen molar-refractivity contribution < 1.29 is 41.6 Å². The predicted molar refractivity (Wildman–Crippen MR) is 107 cm³/mol. The SMILES string of the molecule is CC=C(OP(=O)(OCC)OCC)C(C)=O.CC=C(OP(C)(C)=O)C(=O)OCC. The number of phosphoric ester groups is 1. The number of ether oxygens (including phenoxy) is 1. The van der Waals surface area contributed by atoms with E-state index >= 15 is 0 Å². The maximum Gasteiger partial charge on any atom is 0.530 e. The Morgan fingerprint density at radius 2 is 1.29 bits per heavy atom. The number of rotatable bonds is 11. The number of hydrogen-bond acceptors (Lipinski definition) is 9. The van der Waals surface area contributed by atoms with Crippen LogP contribution in [0.4, 0.5) is 0 Å². The number of carbonyl (C=O) groups excluding carboxylic acids is 2. The van der Waals surface area contributed by atoms with Crippen LogP contribution in [0, 0.1) is 0 Å². The molecule has 0 aliphatic carbocycles. The molecule has 0 heterocycles. The zero-order valence-electron chi connectivity index (χ0n) is 17.8. The lowest BCUT2D eigenvalue weighted by Gasteiger charge is -2.17. The number of allylic oxidation sites excluding steroid dienone is 3. The summed E-state index contributed by atoms with van der Waals surface area (Å²) < 4.78 is 47.4. The van der Waals surface area contributed by atoms with Crippen LogP contribution in [0.2, 0.25) is 0 Å².